The predicted octanol–water partition coefficient (Wildman–Crippen LogP) is 6.64. The molecule has 9 heteroatoms. The van der Waals surface area contributed by atoms with Gasteiger partial charge >= 0.3 is 0 Å². The molecule has 1 N–H and O–H groups in total. The average Bonchev–Trinajstić information content (AvgIpc) is 3.66. The van der Waals surface area contributed by atoms with Crippen LogP contribution in [0.3, 0.4) is 0 Å². The Morgan fingerprint density at radius 3 is 2.32 bits per heavy atom. The van der Waals surface area contributed by atoms with E-state index in [1.54, 1.807) is 24.1 Å². The minimum absolute atomic E-state index is 0.00393. The number of alkyl halides is 2. The van der Waals surface area contributed by atoms with Gasteiger partial charge in [-0.3, -0.25) is 14.6 Å². The fraction of sp³-hybridized carbons (Fsp3) is 0.281. The zero-order chi connectivity index (χ0) is 28.3. The molecule has 3 aliphatic rings. The van der Waals surface area contributed by atoms with Crippen molar-refractivity contribution in [3.05, 3.63) is 95.6 Å². The lowest BCUT2D eigenvalue weighted by Crippen LogP contribution is -2.52. The van der Waals surface area contributed by atoms with Crippen molar-refractivity contribution < 1.29 is 13.6 Å². The van der Waals surface area contributed by atoms with Gasteiger partial charge in [-0.05, 0) is 48.1 Å². The predicted molar refractivity (Wildman–Crippen MR) is 156 cm³/mol. The molecule has 1 aliphatic carbocycles. The maximum atomic E-state index is 13.7. The van der Waals surface area contributed by atoms with Crippen LogP contribution in [0.2, 0.25) is 0 Å². The van der Waals surface area contributed by atoms with Gasteiger partial charge in [0.05, 0.1) is 18.6 Å². The van der Waals surface area contributed by atoms with Crippen LogP contribution in [0, 0.1) is 0 Å². The second-order valence-corrected chi connectivity index (χ2v) is 11.1. The summed E-state index contributed by atoms with van der Waals surface area (Å²) >= 11 is 0. The lowest BCUT2D eigenvalue weighted by molar-refractivity contribution is 0.0175. The summed E-state index contributed by atoms with van der Waals surface area (Å²) < 4.78 is 29.2. The Labute approximate surface area is 237 Å². The summed E-state index contributed by atoms with van der Waals surface area (Å²) in [5, 5.41) is 8.32. The monoisotopic (exact) mass is 552 g/mol. The minimum Gasteiger partial charge on any atom is -0.338 e. The molecular formula is C32H30F2N6O. The summed E-state index contributed by atoms with van der Waals surface area (Å²) in [7, 11) is 1.79. The molecule has 3 heterocycles. The van der Waals surface area contributed by atoms with Crippen LogP contribution in [-0.2, 0) is 12.5 Å². The van der Waals surface area contributed by atoms with Crippen LogP contribution in [0.15, 0.2) is 83.9 Å². The van der Waals surface area contributed by atoms with E-state index in [4.69, 9.17) is 10.1 Å². The molecule has 7 nitrogen and oxygen atoms in total. The number of fused-ring (bicyclic) bond motifs is 5. The van der Waals surface area contributed by atoms with Crippen molar-refractivity contribution in [1.82, 2.24) is 14.7 Å². The van der Waals surface area contributed by atoms with Gasteiger partial charge in [0.25, 0.3) is 11.8 Å². The van der Waals surface area contributed by atoms with E-state index in [9.17, 15) is 13.6 Å². The van der Waals surface area contributed by atoms with Crippen molar-refractivity contribution in [3.8, 4) is 11.1 Å². The van der Waals surface area contributed by atoms with Crippen molar-refractivity contribution in [2.45, 2.75) is 50.7 Å². The van der Waals surface area contributed by atoms with Gasteiger partial charge in [-0.25, -0.2) is 18.5 Å². The Bertz CT molecular complexity index is 1640. The number of guanidine groups is 1. The standard InChI is InChI=1S/C32H30F2N6O/c1-32(33,34)23-17-15-22(16-18-23)21-13-11-20(12-14-21)19-39-29-27(28(37-39)35-24-7-4-3-5-8-24)30(41)38(2)31-36-25-9-6-10-26(25)40(29)31/h3-5,7-8,11-18,25-26H,6,9-10,19H2,1-2H3,(H,35,37)/t25-,26+/m1/s1. The second-order valence-electron chi connectivity index (χ2n) is 11.1. The van der Waals surface area contributed by atoms with Gasteiger partial charge in [0.2, 0.25) is 5.96 Å². The molecule has 1 aromatic heterocycles. The normalized spacial score (nSPS) is 19.6. The first-order chi connectivity index (χ1) is 19.8. The van der Waals surface area contributed by atoms with E-state index in [0.717, 1.165) is 54.4 Å². The molecule has 0 radical (unpaired) electrons. The van der Waals surface area contributed by atoms with Crippen LogP contribution in [0.5, 0.6) is 0 Å². The number of halogens is 2. The van der Waals surface area contributed by atoms with E-state index >= 15 is 0 Å². The SMILES string of the molecule is CN1C(=O)c2c(Nc3ccccc3)nn(Cc3ccc(-c4ccc(C(C)(F)F)cc4)cc3)c2N2C1=N[C@@H]1CCC[C@@H]12. The van der Waals surface area contributed by atoms with Crippen molar-refractivity contribution >= 4 is 29.2 Å². The Morgan fingerprint density at radius 2 is 1.63 bits per heavy atom. The zero-order valence-corrected chi connectivity index (χ0v) is 22.9. The quantitative estimate of drug-likeness (QED) is 0.291. The van der Waals surface area contributed by atoms with E-state index in [1.807, 2.05) is 59.3 Å². The molecule has 41 heavy (non-hydrogen) atoms. The number of nitrogens with zero attached hydrogens (tertiary/aromatic N) is 5. The van der Waals surface area contributed by atoms with E-state index < -0.39 is 5.92 Å². The van der Waals surface area contributed by atoms with E-state index in [1.165, 1.54) is 12.1 Å². The number of aromatic nitrogens is 2. The molecule has 2 atom stereocenters. The molecule has 3 aromatic carbocycles. The van der Waals surface area contributed by atoms with Gasteiger partial charge < -0.3 is 5.32 Å². The molecule has 1 saturated carbocycles. The van der Waals surface area contributed by atoms with E-state index in [0.29, 0.717) is 23.9 Å². The minimum atomic E-state index is -2.87. The molecule has 0 bridgehead atoms. The molecule has 0 saturated heterocycles. The highest BCUT2D eigenvalue weighted by Crippen LogP contribution is 2.43. The second kappa shape index (κ2) is 9.54. The van der Waals surface area contributed by atoms with Crippen molar-refractivity contribution in [2.24, 2.45) is 4.99 Å². The first kappa shape index (κ1) is 25.4. The Balaban J connectivity index is 1.25. The number of carbonyl (C=O) groups excluding carboxylic acids is 1. The number of anilines is 3. The van der Waals surface area contributed by atoms with Gasteiger partial charge in [0, 0.05) is 25.2 Å². The van der Waals surface area contributed by atoms with Crippen LogP contribution >= 0.6 is 0 Å². The Morgan fingerprint density at radius 1 is 0.951 bits per heavy atom. The molecule has 4 aromatic rings. The third-order valence-electron chi connectivity index (χ3n) is 8.29. The summed E-state index contributed by atoms with van der Waals surface area (Å²) in [5.74, 6) is -1.00. The first-order valence-corrected chi connectivity index (χ1v) is 13.9. The van der Waals surface area contributed by atoms with E-state index in [2.05, 4.69) is 10.2 Å². The lowest BCUT2D eigenvalue weighted by atomic mass is 10.0. The van der Waals surface area contributed by atoms with Gasteiger partial charge in [-0.1, -0.05) is 66.7 Å². The lowest BCUT2D eigenvalue weighted by Gasteiger charge is -2.35. The number of nitrogens with one attached hydrogen (secondary N) is 1. The van der Waals surface area contributed by atoms with Crippen LogP contribution < -0.4 is 10.2 Å². The topological polar surface area (TPSA) is 65.8 Å². The first-order valence-electron chi connectivity index (χ1n) is 13.9. The molecular weight excluding hydrogens is 522 g/mol. The third kappa shape index (κ3) is 4.36. The molecule has 208 valence electrons. The largest absolute Gasteiger partial charge is 0.338 e. The summed E-state index contributed by atoms with van der Waals surface area (Å²) in [5.41, 5.74) is 4.21. The maximum absolute atomic E-state index is 13.7. The number of rotatable bonds is 6. The highest BCUT2D eigenvalue weighted by molar-refractivity contribution is 6.21. The fourth-order valence-electron chi connectivity index (χ4n) is 6.17. The van der Waals surface area contributed by atoms with Gasteiger partial charge in [-0.15, -0.1) is 0 Å². The summed E-state index contributed by atoms with van der Waals surface area (Å²) in [6.45, 7) is 1.36. The number of benzene rings is 3. The summed E-state index contributed by atoms with van der Waals surface area (Å²) in [6, 6.07) is 24.5. The number of hydrogen-bond acceptors (Lipinski definition) is 5. The average molecular weight is 553 g/mol. The Hall–Kier alpha value is -4.53. The number of para-hydroxylation sites is 1. The number of carbonyl (C=O) groups is 1. The molecule has 1 amide bonds. The van der Waals surface area contributed by atoms with Crippen LogP contribution in [-0.4, -0.2) is 45.7 Å². The Kier molecular flexibility index (Phi) is 5.92. The highest BCUT2D eigenvalue weighted by atomic mass is 19.3. The summed E-state index contributed by atoms with van der Waals surface area (Å²) in [6.07, 6.45) is 3.14. The number of aliphatic imine (C=N–C) groups is 1. The molecule has 1 fully saturated rings. The third-order valence-corrected chi connectivity index (χ3v) is 8.29. The molecule has 7 rings (SSSR count). The smallest absolute Gasteiger partial charge is 0.270 e. The van der Waals surface area contributed by atoms with Gasteiger partial charge in [0.15, 0.2) is 5.82 Å². The molecule has 0 unspecified atom stereocenters. The van der Waals surface area contributed by atoms with Crippen molar-refractivity contribution in [1.29, 1.82) is 0 Å². The van der Waals surface area contributed by atoms with E-state index in [-0.39, 0.29) is 23.6 Å². The fourth-order valence-corrected chi connectivity index (χ4v) is 6.17. The van der Waals surface area contributed by atoms with Crippen LogP contribution in [0.25, 0.3) is 11.1 Å². The maximum Gasteiger partial charge on any atom is 0.270 e. The summed E-state index contributed by atoms with van der Waals surface area (Å²) in [4.78, 5) is 22.5. The zero-order valence-electron chi connectivity index (χ0n) is 22.9. The van der Waals surface area contributed by atoms with Gasteiger partial charge in [-0.2, -0.15) is 5.10 Å². The van der Waals surface area contributed by atoms with Crippen LogP contribution in [0.1, 0.15) is 47.7 Å². The molecule has 0 spiro atoms. The van der Waals surface area contributed by atoms with Crippen molar-refractivity contribution in [3.63, 3.8) is 0 Å². The van der Waals surface area contributed by atoms with Crippen molar-refractivity contribution in [2.75, 3.05) is 17.3 Å². The van der Waals surface area contributed by atoms with Crippen LogP contribution in [0.4, 0.5) is 26.1 Å². The highest BCUT2D eigenvalue weighted by Gasteiger charge is 2.49. The number of hydrogen-bond donors (Lipinski definition) is 1. The molecule has 2 aliphatic heterocycles. The van der Waals surface area contributed by atoms with Gasteiger partial charge in [0.1, 0.15) is 11.4 Å². The number of amides is 1.